The Morgan fingerprint density at radius 1 is 0.913 bits per heavy atom. The molecule has 0 aliphatic carbocycles. The van der Waals surface area contributed by atoms with Crippen LogP contribution in [0, 0.1) is 0 Å². The van der Waals surface area contributed by atoms with Crippen molar-refractivity contribution in [1.82, 2.24) is 2.78 Å². The number of aromatic nitrogens is 1. The first kappa shape index (κ1) is 16.8. The summed E-state index contributed by atoms with van der Waals surface area (Å²) in [7, 11) is 0. The van der Waals surface area contributed by atoms with Gasteiger partial charge in [0.2, 0.25) is 0 Å². The van der Waals surface area contributed by atoms with Crippen LogP contribution >= 0.6 is 0 Å². The second-order valence-electron chi connectivity index (χ2n) is 6.69. The fourth-order valence-electron chi connectivity index (χ4n) is 2.30. The first-order valence-corrected chi connectivity index (χ1v) is 9.86. The van der Waals surface area contributed by atoms with Crippen molar-refractivity contribution in [3.63, 3.8) is 0 Å². The zero-order chi connectivity index (χ0) is 16.7. The van der Waals surface area contributed by atoms with Gasteiger partial charge in [0, 0.05) is 0 Å². The molecule has 0 amide bonds. The zero-order valence-electron chi connectivity index (χ0n) is 13.9. The van der Waals surface area contributed by atoms with Gasteiger partial charge in [-0.15, -0.1) is 0 Å². The van der Waals surface area contributed by atoms with Crippen LogP contribution in [0.3, 0.4) is 0 Å². The number of fused-ring (bicyclic) bond motifs is 3. The quantitative estimate of drug-likeness (QED) is 0.488. The third-order valence-corrected chi connectivity index (χ3v) is 6.55. The van der Waals surface area contributed by atoms with Crippen molar-refractivity contribution in [1.29, 1.82) is 0 Å². The summed E-state index contributed by atoms with van der Waals surface area (Å²) in [5, 5.41) is 14.7. The average molecular weight is 421 g/mol. The molecule has 1 radical (unpaired) electrons. The van der Waals surface area contributed by atoms with Crippen molar-refractivity contribution >= 4 is 27.1 Å². The van der Waals surface area contributed by atoms with Gasteiger partial charge in [0.25, 0.3) is 0 Å². The van der Waals surface area contributed by atoms with Crippen LogP contribution in [0.2, 0.25) is 0 Å². The summed E-state index contributed by atoms with van der Waals surface area (Å²) in [6, 6.07) is 16.9. The van der Waals surface area contributed by atoms with E-state index in [-0.39, 0.29) is 0 Å². The molecule has 0 saturated heterocycles. The topological polar surface area (TPSA) is 34.4 Å². The fourth-order valence-corrected chi connectivity index (χ4v) is 4.71. The van der Waals surface area contributed by atoms with Gasteiger partial charge in [0.15, 0.2) is 0 Å². The monoisotopic (exact) mass is 421 g/mol. The fraction of sp³-hybridized carbons (Fsp3) is 0.333. The second-order valence-corrected chi connectivity index (χ2v) is 8.72. The summed E-state index contributed by atoms with van der Waals surface area (Å²) in [5.41, 5.74) is 0.962. The van der Waals surface area contributed by atoms with Crippen molar-refractivity contribution in [2.45, 2.75) is 38.9 Å². The van der Waals surface area contributed by atoms with E-state index >= 15 is 0 Å². The van der Waals surface area contributed by atoms with Crippen LogP contribution in [0.25, 0.3) is 21.8 Å². The molecule has 1 heterocycles. The molecule has 0 bridgehead atoms. The molecule has 121 valence electrons. The number of halogens is 1. The van der Waals surface area contributed by atoms with E-state index in [1.165, 1.54) is 21.8 Å². The third kappa shape index (κ3) is 3.14. The van der Waals surface area contributed by atoms with Crippen LogP contribution in [0.1, 0.15) is 27.7 Å². The van der Waals surface area contributed by atoms with Crippen molar-refractivity contribution in [2.24, 2.45) is 0 Å². The Balaban J connectivity index is 1.91. The van der Waals surface area contributed by atoms with Gasteiger partial charge in [-0.2, -0.15) is 0 Å². The maximum absolute atomic E-state index is 10.2. The van der Waals surface area contributed by atoms with Crippen LogP contribution in [-0.2, 0) is 4.65 Å². The molecule has 3 nitrogen and oxygen atoms in total. The summed E-state index contributed by atoms with van der Waals surface area (Å²) >= 11 is -0.496. The van der Waals surface area contributed by atoms with Crippen LogP contribution in [0.5, 0.6) is 0 Å². The van der Waals surface area contributed by atoms with Crippen molar-refractivity contribution in [3.05, 3.63) is 48.5 Å². The molecule has 3 aromatic rings. The van der Waals surface area contributed by atoms with Gasteiger partial charge in [-0.05, 0) is 0 Å². The van der Waals surface area contributed by atoms with Gasteiger partial charge in [0.05, 0.1) is 0 Å². The summed E-state index contributed by atoms with van der Waals surface area (Å²) in [6.07, 6.45) is 0. The van der Waals surface area contributed by atoms with Gasteiger partial charge >= 0.3 is 148 Å². The van der Waals surface area contributed by atoms with Gasteiger partial charge < -0.3 is 0 Å². The summed E-state index contributed by atoms with van der Waals surface area (Å²) in [5.74, 6) is 0. The Labute approximate surface area is 148 Å². The van der Waals surface area contributed by atoms with Crippen LogP contribution in [0.4, 0.5) is 0 Å². The van der Waals surface area contributed by atoms with E-state index in [2.05, 4.69) is 51.3 Å². The van der Waals surface area contributed by atoms with Crippen LogP contribution in [-0.4, -0.2) is 24.4 Å². The molecule has 0 atom stereocenters. The van der Waals surface area contributed by atoms with E-state index in [1.807, 2.05) is 19.2 Å². The Kier molecular flexibility index (Phi) is 4.46. The summed E-state index contributed by atoms with van der Waals surface area (Å²) < 4.78 is 8.27. The van der Waals surface area contributed by atoms with Crippen LogP contribution < -0.4 is 21.3 Å². The number of nitrogens with zero attached hydrogens (tertiary/aromatic N) is 1. The molecule has 0 aliphatic rings. The second kappa shape index (κ2) is 6.11. The zero-order valence-corrected chi connectivity index (χ0v) is 16.0. The third-order valence-electron chi connectivity index (χ3n) is 4.47. The average Bonchev–Trinajstić information content (AvgIpc) is 2.81. The predicted molar refractivity (Wildman–Crippen MR) is 92.1 cm³/mol. The van der Waals surface area contributed by atoms with E-state index in [4.69, 9.17) is 4.65 Å². The standard InChI is InChI=1S/C18H21BINO2/c1-17(2,22)18(3,4)23-19-20-21-15-11-7-5-9-13(15)14-10-6-8-12-16(14)21/h5-12,22H,1-4H3/q-1. The molecular weight excluding hydrogens is 400 g/mol. The number of benzene rings is 2. The molecule has 1 N–H and O–H groups in total. The van der Waals surface area contributed by atoms with E-state index in [0.29, 0.717) is 0 Å². The van der Waals surface area contributed by atoms with Gasteiger partial charge in [0.1, 0.15) is 0 Å². The number of hydrogen-bond donors (Lipinski definition) is 1. The molecule has 2 aromatic carbocycles. The SMILES string of the molecule is CC(C)(O)C(C)(C)O[B][I-]n1c2ccccc2c2ccccc21. The molecule has 0 unspecified atom stereocenters. The summed E-state index contributed by atoms with van der Waals surface area (Å²) in [4.78, 5) is 0. The molecule has 5 heteroatoms. The Bertz CT molecular complexity index is 783. The van der Waals surface area contributed by atoms with E-state index in [9.17, 15) is 5.11 Å². The van der Waals surface area contributed by atoms with E-state index in [0.717, 1.165) is 0 Å². The van der Waals surface area contributed by atoms with Crippen LogP contribution in [0.15, 0.2) is 48.5 Å². The maximum atomic E-state index is 10.2. The van der Waals surface area contributed by atoms with Gasteiger partial charge in [-0.25, -0.2) is 0 Å². The molecule has 0 fully saturated rings. The Morgan fingerprint density at radius 3 is 1.87 bits per heavy atom. The molecule has 23 heavy (non-hydrogen) atoms. The van der Waals surface area contributed by atoms with Gasteiger partial charge in [-0.1, -0.05) is 0 Å². The van der Waals surface area contributed by atoms with E-state index < -0.39 is 32.5 Å². The molecule has 3 rings (SSSR count). The molecule has 1 aromatic heterocycles. The first-order valence-electron chi connectivity index (χ1n) is 7.65. The minimum atomic E-state index is -0.895. The number of hydrogen-bond acceptors (Lipinski definition) is 2. The Hall–Kier alpha value is -1.05. The van der Waals surface area contributed by atoms with Crippen molar-refractivity contribution < 1.29 is 31.0 Å². The summed E-state index contributed by atoms with van der Waals surface area (Å²) in [6.45, 7) is 7.39. The predicted octanol–water partition coefficient (Wildman–Crippen LogP) is 0.747. The number of para-hydroxylation sites is 2. The molecule has 0 aliphatic heterocycles. The normalized spacial score (nSPS) is 13.1. The van der Waals surface area contributed by atoms with Crippen molar-refractivity contribution in [3.8, 4) is 0 Å². The molecule has 0 saturated carbocycles. The first-order chi connectivity index (χ1) is 10.8. The Morgan fingerprint density at radius 2 is 1.39 bits per heavy atom. The van der Waals surface area contributed by atoms with Crippen molar-refractivity contribution in [2.75, 3.05) is 0 Å². The number of rotatable bonds is 5. The number of aliphatic hydroxyl groups is 1. The molecular formula is C18H21BINO2-. The van der Waals surface area contributed by atoms with Gasteiger partial charge in [-0.3, -0.25) is 0 Å². The van der Waals surface area contributed by atoms with E-state index in [1.54, 1.807) is 13.8 Å². The minimum absolute atomic E-state index is 0.496. The molecule has 0 spiro atoms.